The number of nitrogens with one attached hydrogen (secondary N) is 2. The number of carbonyl (C=O) groups excluding carboxylic acids is 1. The zero-order valence-corrected chi connectivity index (χ0v) is 10.5. The summed E-state index contributed by atoms with van der Waals surface area (Å²) >= 11 is 1.55. The van der Waals surface area contributed by atoms with E-state index in [4.69, 9.17) is 0 Å². The highest BCUT2D eigenvalue weighted by molar-refractivity contribution is 7.09. The number of hydrogen-bond donors (Lipinski definition) is 3. The molecule has 3 atom stereocenters. The minimum atomic E-state index is -0.411. The second-order valence-corrected chi connectivity index (χ2v) is 5.12. The van der Waals surface area contributed by atoms with Crippen molar-refractivity contribution in [3.8, 4) is 0 Å². The zero-order chi connectivity index (χ0) is 12.3. The summed E-state index contributed by atoms with van der Waals surface area (Å²) in [6.45, 7) is 2.51. The lowest BCUT2D eigenvalue weighted by Crippen LogP contribution is -2.41. The van der Waals surface area contributed by atoms with Gasteiger partial charge in [0.1, 0.15) is 5.01 Å². The van der Waals surface area contributed by atoms with E-state index in [0.717, 1.165) is 11.4 Å². The molecule has 0 aliphatic carbocycles. The molecule has 1 aliphatic rings. The highest BCUT2D eigenvalue weighted by Crippen LogP contribution is 2.19. The van der Waals surface area contributed by atoms with Gasteiger partial charge < -0.3 is 15.7 Å². The maximum atomic E-state index is 11.9. The van der Waals surface area contributed by atoms with Gasteiger partial charge >= 0.3 is 0 Å². The highest BCUT2D eigenvalue weighted by atomic mass is 32.1. The molecule has 3 N–H and O–H groups in total. The van der Waals surface area contributed by atoms with Crippen LogP contribution in [0.2, 0.25) is 0 Å². The van der Waals surface area contributed by atoms with Gasteiger partial charge in [-0.25, -0.2) is 4.98 Å². The highest BCUT2D eigenvalue weighted by Gasteiger charge is 2.29. The van der Waals surface area contributed by atoms with Gasteiger partial charge in [-0.15, -0.1) is 11.3 Å². The van der Waals surface area contributed by atoms with E-state index in [2.05, 4.69) is 15.6 Å². The monoisotopic (exact) mass is 255 g/mol. The molecule has 6 heteroatoms. The Balaban J connectivity index is 1.93. The molecule has 1 aliphatic heterocycles. The number of aliphatic hydroxyl groups is 1. The second kappa shape index (κ2) is 5.57. The summed E-state index contributed by atoms with van der Waals surface area (Å²) in [7, 11) is 0. The van der Waals surface area contributed by atoms with E-state index in [-0.39, 0.29) is 18.0 Å². The number of β-amino-alcohol motifs (C(OH)–C–C–N with tert-alkyl or cyclic N) is 1. The lowest BCUT2D eigenvalue weighted by Gasteiger charge is -2.17. The van der Waals surface area contributed by atoms with Crippen LogP contribution in [0.25, 0.3) is 0 Å². The van der Waals surface area contributed by atoms with Crippen LogP contribution >= 0.6 is 11.3 Å². The number of rotatable bonds is 4. The molecule has 0 spiro atoms. The van der Waals surface area contributed by atoms with Gasteiger partial charge in [-0.1, -0.05) is 6.92 Å². The number of thiazole rings is 1. The third-order valence-corrected chi connectivity index (χ3v) is 3.79. The van der Waals surface area contributed by atoms with Crippen LogP contribution in [0.5, 0.6) is 0 Å². The van der Waals surface area contributed by atoms with Crippen LogP contribution < -0.4 is 10.6 Å². The number of carbonyl (C=O) groups is 1. The van der Waals surface area contributed by atoms with E-state index < -0.39 is 6.10 Å². The Morgan fingerprint density at radius 2 is 2.65 bits per heavy atom. The molecule has 1 saturated heterocycles. The van der Waals surface area contributed by atoms with Gasteiger partial charge in [-0.05, 0) is 12.8 Å². The maximum absolute atomic E-state index is 11.9. The summed E-state index contributed by atoms with van der Waals surface area (Å²) in [5, 5.41) is 18.2. The van der Waals surface area contributed by atoms with Crippen LogP contribution in [0, 0.1) is 0 Å². The number of hydrogen-bond acceptors (Lipinski definition) is 5. The lowest BCUT2D eigenvalue weighted by atomic mass is 10.1. The first-order chi connectivity index (χ1) is 8.20. The predicted molar refractivity (Wildman–Crippen MR) is 65.7 cm³/mol. The average Bonchev–Trinajstić information content (AvgIpc) is 2.96. The fourth-order valence-corrected chi connectivity index (χ4v) is 2.71. The molecule has 0 saturated carbocycles. The molecule has 0 bridgehead atoms. The third kappa shape index (κ3) is 3.02. The van der Waals surface area contributed by atoms with Crippen LogP contribution in [0.1, 0.15) is 30.8 Å². The molecule has 0 radical (unpaired) electrons. The van der Waals surface area contributed by atoms with Crippen LogP contribution in [-0.4, -0.2) is 34.7 Å². The average molecular weight is 255 g/mol. The third-order valence-electron chi connectivity index (χ3n) is 2.90. The fraction of sp³-hybridized carbons (Fsp3) is 0.636. The molecule has 17 heavy (non-hydrogen) atoms. The fourth-order valence-electron chi connectivity index (χ4n) is 1.93. The first-order valence-corrected chi connectivity index (χ1v) is 6.70. The number of aromatic nitrogens is 1. The second-order valence-electron chi connectivity index (χ2n) is 4.19. The summed E-state index contributed by atoms with van der Waals surface area (Å²) in [5.41, 5.74) is 0. The minimum absolute atomic E-state index is 0.0259. The quantitative estimate of drug-likeness (QED) is 0.729. The minimum Gasteiger partial charge on any atom is -0.392 e. The smallest absolute Gasteiger partial charge is 0.237 e. The predicted octanol–water partition coefficient (Wildman–Crippen LogP) is 0.433. The van der Waals surface area contributed by atoms with E-state index >= 15 is 0 Å². The van der Waals surface area contributed by atoms with Crippen molar-refractivity contribution in [2.75, 3.05) is 6.54 Å². The van der Waals surface area contributed by atoms with Crippen molar-refractivity contribution in [1.82, 2.24) is 15.6 Å². The maximum Gasteiger partial charge on any atom is 0.237 e. The summed E-state index contributed by atoms with van der Waals surface area (Å²) in [4.78, 5) is 16.2. The van der Waals surface area contributed by atoms with Gasteiger partial charge in [0.05, 0.1) is 18.2 Å². The SMILES string of the molecule is CCC(NC(=O)C1CC(O)CN1)c1nccs1. The van der Waals surface area contributed by atoms with Crippen LogP contribution in [0.4, 0.5) is 0 Å². The standard InChI is InChI=1S/C11H17N3O2S/c1-2-8(11-12-3-4-17-11)14-10(16)9-5-7(15)6-13-9/h3-4,7-9,13,15H,2,5-6H2,1H3,(H,14,16). The molecular formula is C11H17N3O2S. The van der Waals surface area contributed by atoms with Crippen LogP contribution in [0.15, 0.2) is 11.6 Å². The topological polar surface area (TPSA) is 74.2 Å². The summed E-state index contributed by atoms with van der Waals surface area (Å²) in [6.07, 6.45) is 2.63. The van der Waals surface area contributed by atoms with E-state index in [1.54, 1.807) is 17.5 Å². The van der Waals surface area contributed by atoms with Crippen LogP contribution in [0.3, 0.4) is 0 Å². The molecular weight excluding hydrogens is 238 g/mol. The normalized spacial score (nSPS) is 25.8. The van der Waals surface area contributed by atoms with Gasteiger partial charge in [0.15, 0.2) is 0 Å². The Bertz CT molecular complexity index is 369. The van der Waals surface area contributed by atoms with Crippen molar-refractivity contribution < 1.29 is 9.90 Å². The largest absolute Gasteiger partial charge is 0.392 e. The van der Waals surface area contributed by atoms with Crippen molar-refractivity contribution in [3.63, 3.8) is 0 Å². The molecule has 1 fully saturated rings. The van der Waals surface area contributed by atoms with Crippen molar-refractivity contribution in [2.45, 2.75) is 38.0 Å². The molecule has 2 heterocycles. The molecule has 1 amide bonds. The lowest BCUT2D eigenvalue weighted by molar-refractivity contribution is -0.123. The molecule has 3 unspecified atom stereocenters. The van der Waals surface area contributed by atoms with Gasteiger partial charge in [-0.2, -0.15) is 0 Å². The Kier molecular flexibility index (Phi) is 4.09. The number of aliphatic hydroxyl groups excluding tert-OH is 1. The summed E-state index contributed by atoms with van der Waals surface area (Å²) in [6, 6.07) is -0.305. The van der Waals surface area contributed by atoms with Gasteiger partial charge in [0, 0.05) is 18.1 Å². The molecule has 5 nitrogen and oxygen atoms in total. The number of nitrogens with zero attached hydrogens (tertiary/aromatic N) is 1. The van der Waals surface area contributed by atoms with E-state index in [1.807, 2.05) is 12.3 Å². The van der Waals surface area contributed by atoms with Crippen molar-refractivity contribution in [2.24, 2.45) is 0 Å². The Morgan fingerprint density at radius 1 is 1.82 bits per heavy atom. The first-order valence-electron chi connectivity index (χ1n) is 5.82. The van der Waals surface area contributed by atoms with E-state index in [9.17, 15) is 9.90 Å². The molecule has 1 aromatic rings. The van der Waals surface area contributed by atoms with Gasteiger partial charge in [0.2, 0.25) is 5.91 Å². The molecule has 2 rings (SSSR count). The summed E-state index contributed by atoms with van der Waals surface area (Å²) < 4.78 is 0. The molecule has 94 valence electrons. The zero-order valence-electron chi connectivity index (χ0n) is 9.72. The Hall–Kier alpha value is -0.980. The van der Waals surface area contributed by atoms with Gasteiger partial charge in [-0.3, -0.25) is 4.79 Å². The molecule has 1 aromatic heterocycles. The Labute approximate surface area is 104 Å². The van der Waals surface area contributed by atoms with Crippen molar-refractivity contribution in [3.05, 3.63) is 16.6 Å². The van der Waals surface area contributed by atoms with Gasteiger partial charge in [0.25, 0.3) is 0 Å². The number of amides is 1. The Morgan fingerprint density at radius 3 is 3.18 bits per heavy atom. The summed E-state index contributed by atoms with van der Waals surface area (Å²) in [5.74, 6) is -0.0522. The first kappa shape index (κ1) is 12.5. The van der Waals surface area contributed by atoms with Crippen molar-refractivity contribution >= 4 is 17.2 Å². The van der Waals surface area contributed by atoms with Crippen molar-refractivity contribution in [1.29, 1.82) is 0 Å². The van der Waals surface area contributed by atoms with Crippen LogP contribution in [-0.2, 0) is 4.79 Å². The van der Waals surface area contributed by atoms with E-state index in [1.165, 1.54) is 0 Å². The van der Waals surface area contributed by atoms with E-state index in [0.29, 0.717) is 13.0 Å². The molecule has 0 aromatic carbocycles.